The predicted octanol–water partition coefficient (Wildman–Crippen LogP) is 5.03. The first-order chi connectivity index (χ1) is 17.0. The number of anilines is 3. The van der Waals surface area contributed by atoms with Gasteiger partial charge in [-0.15, -0.1) is 0 Å². The molecule has 0 saturated carbocycles. The second-order valence-electron chi connectivity index (χ2n) is 7.67. The van der Waals surface area contributed by atoms with Crippen molar-refractivity contribution in [2.24, 2.45) is 0 Å². The summed E-state index contributed by atoms with van der Waals surface area (Å²) in [6.07, 6.45) is 3.39. The maximum Gasteiger partial charge on any atom is 0.270 e. The van der Waals surface area contributed by atoms with Crippen LogP contribution in [0.25, 0.3) is 0 Å². The van der Waals surface area contributed by atoms with Gasteiger partial charge in [-0.25, -0.2) is 15.0 Å². The summed E-state index contributed by atoms with van der Waals surface area (Å²) < 4.78 is 5.25. The van der Waals surface area contributed by atoms with Crippen LogP contribution < -0.4 is 15.0 Å². The Bertz CT molecular complexity index is 1290. The number of halogens is 1. The van der Waals surface area contributed by atoms with Crippen molar-refractivity contribution in [1.29, 1.82) is 0 Å². The number of methoxy groups -OCH3 is 1. The van der Waals surface area contributed by atoms with Gasteiger partial charge in [0.25, 0.3) is 5.91 Å². The summed E-state index contributed by atoms with van der Waals surface area (Å²) in [7, 11) is 1.61. The Morgan fingerprint density at radius 1 is 1.17 bits per heavy atom. The normalized spacial score (nSPS) is 10.7. The molecule has 35 heavy (non-hydrogen) atoms. The highest BCUT2D eigenvalue weighted by molar-refractivity contribution is 7.17. The maximum atomic E-state index is 13.7. The monoisotopic (exact) mass is 509 g/mol. The van der Waals surface area contributed by atoms with Crippen molar-refractivity contribution in [2.75, 3.05) is 23.9 Å². The minimum absolute atomic E-state index is 0.00214. The number of hydrogen-bond donors (Lipinski definition) is 2. The number of amides is 1. The van der Waals surface area contributed by atoms with Crippen molar-refractivity contribution >= 4 is 45.5 Å². The Morgan fingerprint density at radius 2 is 1.97 bits per heavy atom. The molecule has 8 nitrogen and oxygen atoms in total. The van der Waals surface area contributed by atoms with Crippen LogP contribution in [0.15, 0.2) is 61.1 Å². The first-order valence-corrected chi connectivity index (χ1v) is 12.0. The van der Waals surface area contributed by atoms with Crippen LogP contribution >= 0.6 is 22.9 Å². The molecule has 0 atom stereocenters. The lowest BCUT2D eigenvalue weighted by Gasteiger charge is -2.25. The summed E-state index contributed by atoms with van der Waals surface area (Å²) in [6.45, 7) is 2.25. The summed E-state index contributed by atoms with van der Waals surface area (Å²) in [5.74, 6) is 1.06. The molecule has 1 amide bonds. The number of thiazole rings is 1. The van der Waals surface area contributed by atoms with Crippen LogP contribution in [0.1, 0.15) is 26.5 Å². The Kier molecular flexibility index (Phi) is 7.91. The van der Waals surface area contributed by atoms with Crippen LogP contribution in [0, 0.1) is 6.92 Å². The van der Waals surface area contributed by atoms with Gasteiger partial charge in [0.2, 0.25) is 0 Å². The van der Waals surface area contributed by atoms with Gasteiger partial charge < -0.3 is 20.1 Å². The van der Waals surface area contributed by atoms with Gasteiger partial charge in [-0.05, 0) is 36.2 Å². The highest BCUT2D eigenvalue weighted by atomic mass is 35.5. The predicted molar refractivity (Wildman–Crippen MR) is 138 cm³/mol. The fourth-order valence-corrected chi connectivity index (χ4v) is 4.62. The third-order valence-electron chi connectivity index (χ3n) is 5.25. The SMILES string of the molecule is COc1ccc(CN(C(=O)c2cnc(Nc3cc(CCO)ncn3)s2)c2c(C)cccc2Cl)cc1. The number of aromatic nitrogens is 3. The Labute approximate surface area is 212 Å². The average molecular weight is 510 g/mol. The van der Waals surface area contributed by atoms with Gasteiger partial charge in [0.1, 0.15) is 22.8 Å². The van der Waals surface area contributed by atoms with E-state index in [0.29, 0.717) is 45.2 Å². The number of ether oxygens (including phenoxy) is 1. The average Bonchev–Trinajstić information content (AvgIpc) is 3.32. The minimum atomic E-state index is -0.216. The van der Waals surface area contributed by atoms with Gasteiger partial charge in [-0.3, -0.25) is 4.79 Å². The number of nitrogens with zero attached hydrogens (tertiary/aromatic N) is 4. The second-order valence-corrected chi connectivity index (χ2v) is 9.11. The van der Waals surface area contributed by atoms with Crippen LogP contribution in [0.2, 0.25) is 5.02 Å². The Morgan fingerprint density at radius 3 is 2.69 bits per heavy atom. The summed E-state index contributed by atoms with van der Waals surface area (Å²) in [6, 6.07) is 14.9. The lowest BCUT2D eigenvalue weighted by Crippen LogP contribution is -2.30. The molecule has 0 aliphatic heterocycles. The molecule has 0 aliphatic carbocycles. The fraction of sp³-hybridized carbons (Fsp3) is 0.200. The molecule has 2 N–H and O–H groups in total. The van der Waals surface area contributed by atoms with Gasteiger partial charge in [0, 0.05) is 24.8 Å². The summed E-state index contributed by atoms with van der Waals surface area (Å²) in [5, 5.41) is 13.2. The van der Waals surface area contributed by atoms with Gasteiger partial charge in [-0.1, -0.05) is 47.2 Å². The van der Waals surface area contributed by atoms with E-state index in [0.717, 1.165) is 16.9 Å². The molecule has 0 bridgehead atoms. The van der Waals surface area contributed by atoms with Gasteiger partial charge in [-0.2, -0.15) is 0 Å². The van der Waals surface area contributed by atoms with E-state index in [-0.39, 0.29) is 12.5 Å². The molecule has 10 heteroatoms. The number of para-hydroxylation sites is 1. The van der Waals surface area contributed by atoms with Crippen molar-refractivity contribution in [2.45, 2.75) is 19.9 Å². The maximum absolute atomic E-state index is 13.7. The molecular weight excluding hydrogens is 486 g/mol. The number of carbonyl (C=O) groups is 1. The molecule has 180 valence electrons. The fourth-order valence-electron chi connectivity index (χ4n) is 3.52. The lowest BCUT2D eigenvalue weighted by molar-refractivity contribution is 0.0988. The second kappa shape index (κ2) is 11.3. The molecule has 0 aliphatic rings. The van der Waals surface area contributed by atoms with Crippen molar-refractivity contribution in [1.82, 2.24) is 15.0 Å². The number of aliphatic hydroxyl groups excluding tert-OH is 1. The molecule has 2 aromatic heterocycles. The standard InChI is InChI=1S/C25H24ClN5O3S/c1-16-4-3-5-20(26)23(16)31(14-17-6-8-19(34-2)9-7-17)24(33)21-13-27-25(35-21)30-22-12-18(10-11-32)28-15-29-22/h3-9,12-13,15,32H,10-11,14H2,1-2H3,(H,27,28,29,30). The van der Waals surface area contributed by atoms with Crippen LogP contribution in [0.4, 0.5) is 16.6 Å². The molecule has 0 fully saturated rings. The molecule has 0 saturated heterocycles. The number of carbonyl (C=O) groups excluding carboxylic acids is 1. The van der Waals surface area contributed by atoms with Crippen molar-refractivity contribution in [3.8, 4) is 5.75 Å². The van der Waals surface area contributed by atoms with E-state index in [4.69, 9.17) is 21.4 Å². The number of aryl methyl sites for hydroxylation is 1. The molecule has 0 unspecified atom stereocenters. The Hall–Kier alpha value is -3.53. The third-order valence-corrected chi connectivity index (χ3v) is 6.45. The lowest BCUT2D eigenvalue weighted by atomic mass is 10.1. The third kappa shape index (κ3) is 5.94. The van der Waals surface area contributed by atoms with E-state index in [1.54, 1.807) is 30.3 Å². The molecule has 4 rings (SSSR count). The van der Waals surface area contributed by atoms with Gasteiger partial charge in [0.05, 0.1) is 30.6 Å². The quantitative estimate of drug-likeness (QED) is 0.326. The highest BCUT2D eigenvalue weighted by Crippen LogP contribution is 2.33. The molecule has 0 radical (unpaired) electrons. The molecule has 2 aromatic carbocycles. The van der Waals surface area contributed by atoms with Crippen LogP contribution in [-0.4, -0.2) is 39.7 Å². The van der Waals surface area contributed by atoms with E-state index in [2.05, 4.69) is 20.3 Å². The Balaban J connectivity index is 1.62. The number of hydrogen-bond acceptors (Lipinski definition) is 8. The van der Waals surface area contributed by atoms with Crippen molar-refractivity contribution in [3.05, 3.63) is 87.8 Å². The van der Waals surface area contributed by atoms with Crippen LogP contribution in [0.5, 0.6) is 5.75 Å². The first kappa shape index (κ1) is 24.6. The number of nitrogens with one attached hydrogen (secondary N) is 1. The van der Waals surface area contributed by atoms with Crippen LogP contribution in [0.3, 0.4) is 0 Å². The topological polar surface area (TPSA) is 100 Å². The summed E-state index contributed by atoms with van der Waals surface area (Å²) in [5.41, 5.74) is 3.18. The van der Waals surface area contributed by atoms with Gasteiger partial charge in [0.15, 0.2) is 5.13 Å². The highest BCUT2D eigenvalue weighted by Gasteiger charge is 2.24. The molecule has 4 aromatic rings. The van der Waals surface area contributed by atoms with Crippen molar-refractivity contribution in [3.63, 3.8) is 0 Å². The van der Waals surface area contributed by atoms with E-state index in [1.165, 1.54) is 17.7 Å². The van der Waals surface area contributed by atoms with E-state index in [9.17, 15) is 4.79 Å². The van der Waals surface area contributed by atoms with Crippen LogP contribution in [-0.2, 0) is 13.0 Å². The number of benzene rings is 2. The number of rotatable bonds is 9. The molecule has 0 spiro atoms. The first-order valence-electron chi connectivity index (χ1n) is 10.8. The zero-order chi connectivity index (χ0) is 24.8. The van der Waals surface area contributed by atoms with E-state index < -0.39 is 0 Å². The largest absolute Gasteiger partial charge is 0.497 e. The van der Waals surface area contributed by atoms with E-state index >= 15 is 0 Å². The molecular formula is C25H24ClN5O3S. The summed E-state index contributed by atoms with van der Waals surface area (Å²) >= 11 is 7.77. The number of aliphatic hydroxyl groups is 1. The smallest absolute Gasteiger partial charge is 0.270 e. The minimum Gasteiger partial charge on any atom is -0.497 e. The summed E-state index contributed by atoms with van der Waals surface area (Å²) in [4.78, 5) is 28.5. The zero-order valence-electron chi connectivity index (χ0n) is 19.2. The zero-order valence-corrected chi connectivity index (χ0v) is 20.8. The van der Waals surface area contributed by atoms with Gasteiger partial charge >= 0.3 is 0 Å². The molecule has 2 heterocycles. The van der Waals surface area contributed by atoms with E-state index in [1.807, 2.05) is 43.3 Å². The van der Waals surface area contributed by atoms with Crippen molar-refractivity contribution < 1.29 is 14.6 Å².